The summed E-state index contributed by atoms with van der Waals surface area (Å²) in [6, 6.07) is -2.44. The molecule has 0 aliphatic carbocycles. The molecule has 8 N–H and O–H groups in total. The number of aliphatic hydroxyl groups excluding tert-OH is 3. The standard InChI is InChI=1S/C14H24N2O10/c1-6(12(22)16-7(13(23)24)2-3-9(18)19)15-5-14(25)11(21)10(20)8(17)4-26-14/h6-8,10-11,15,17,20-21,25H,2-5H2,1H3,(H,16,22)(H,18,19)(H,23,24)/t6-,7-,8+,10+,11-,14+/m0/s1. The van der Waals surface area contributed by atoms with Crippen molar-refractivity contribution >= 4 is 17.8 Å². The number of hydrogen-bond acceptors (Lipinski definition) is 9. The highest BCUT2D eigenvalue weighted by atomic mass is 16.6. The number of ether oxygens (including phenoxy) is 1. The number of nitrogens with one attached hydrogen (secondary N) is 2. The van der Waals surface area contributed by atoms with Gasteiger partial charge in [-0.15, -0.1) is 0 Å². The molecule has 0 aromatic carbocycles. The van der Waals surface area contributed by atoms with Gasteiger partial charge in [0.1, 0.15) is 24.4 Å². The summed E-state index contributed by atoms with van der Waals surface area (Å²) < 4.78 is 4.92. The van der Waals surface area contributed by atoms with Crippen molar-refractivity contribution in [3.63, 3.8) is 0 Å². The molecule has 0 radical (unpaired) electrons. The highest BCUT2D eigenvalue weighted by molar-refractivity contribution is 5.86. The van der Waals surface area contributed by atoms with Crippen molar-refractivity contribution in [1.29, 1.82) is 0 Å². The number of aliphatic carboxylic acids is 2. The Morgan fingerprint density at radius 3 is 2.38 bits per heavy atom. The van der Waals surface area contributed by atoms with Gasteiger partial charge in [0.05, 0.1) is 19.2 Å². The highest BCUT2D eigenvalue weighted by Gasteiger charge is 2.48. The molecule has 12 heteroatoms. The molecule has 150 valence electrons. The van der Waals surface area contributed by atoms with Gasteiger partial charge in [-0.05, 0) is 13.3 Å². The maximum atomic E-state index is 12.0. The molecule has 0 saturated carbocycles. The van der Waals surface area contributed by atoms with Crippen LogP contribution < -0.4 is 10.6 Å². The summed E-state index contributed by atoms with van der Waals surface area (Å²) in [5.74, 6) is -5.64. The maximum Gasteiger partial charge on any atom is 0.326 e. The van der Waals surface area contributed by atoms with Crippen LogP contribution in [0.3, 0.4) is 0 Å². The van der Waals surface area contributed by atoms with Crippen LogP contribution in [0.2, 0.25) is 0 Å². The van der Waals surface area contributed by atoms with Gasteiger partial charge < -0.3 is 46.0 Å². The minimum absolute atomic E-state index is 0.307. The molecule has 26 heavy (non-hydrogen) atoms. The van der Waals surface area contributed by atoms with Crippen molar-refractivity contribution in [1.82, 2.24) is 10.6 Å². The van der Waals surface area contributed by atoms with Gasteiger partial charge >= 0.3 is 11.9 Å². The fraction of sp³-hybridized carbons (Fsp3) is 0.786. The molecule has 1 fully saturated rings. The lowest BCUT2D eigenvalue weighted by atomic mass is 9.96. The van der Waals surface area contributed by atoms with Crippen molar-refractivity contribution in [3.05, 3.63) is 0 Å². The fourth-order valence-electron chi connectivity index (χ4n) is 2.26. The molecule has 1 aliphatic heterocycles. The number of carboxylic acid groups (broad SMARTS) is 2. The Labute approximate surface area is 148 Å². The lowest BCUT2D eigenvalue weighted by molar-refractivity contribution is -0.318. The van der Waals surface area contributed by atoms with Crippen molar-refractivity contribution in [2.24, 2.45) is 0 Å². The summed E-state index contributed by atoms with van der Waals surface area (Å²) in [5.41, 5.74) is 0. The summed E-state index contributed by atoms with van der Waals surface area (Å²) in [6.45, 7) is 0.405. The second-order valence-electron chi connectivity index (χ2n) is 6.09. The van der Waals surface area contributed by atoms with E-state index in [9.17, 15) is 34.8 Å². The number of amides is 1. The number of carboxylic acids is 2. The Bertz CT molecular complexity index is 530. The van der Waals surface area contributed by atoms with Gasteiger partial charge in [-0.2, -0.15) is 0 Å². The first kappa shape index (κ1) is 22.2. The van der Waals surface area contributed by atoms with Gasteiger partial charge in [0.2, 0.25) is 11.7 Å². The molecule has 0 aromatic rings. The Kier molecular flexibility index (Phi) is 7.87. The summed E-state index contributed by atoms with van der Waals surface area (Å²) in [7, 11) is 0. The van der Waals surface area contributed by atoms with Crippen LogP contribution in [-0.4, -0.2) is 97.8 Å². The molecule has 1 aliphatic rings. The van der Waals surface area contributed by atoms with E-state index in [-0.39, 0.29) is 6.42 Å². The van der Waals surface area contributed by atoms with Crippen LogP contribution in [0.15, 0.2) is 0 Å². The minimum Gasteiger partial charge on any atom is -0.481 e. The normalized spacial score (nSPS) is 31.0. The number of rotatable bonds is 9. The van der Waals surface area contributed by atoms with E-state index >= 15 is 0 Å². The van der Waals surface area contributed by atoms with Crippen molar-refractivity contribution in [2.75, 3.05) is 13.2 Å². The smallest absolute Gasteiger partial charge is 0.326 e. The second kappa shape index (κ2) is 9.21. The molecule has 1 saturated heterocycles. The molecule has 0 bridgehead atoms. The Morgan fingerprint density at radius 1 is 1.23 bits per heavy atom. The molecule has 0 spiro atoms. The lowest BCUT2D eigenvalue weighted by Crippen LogP contribution is -2.65. The Balaban J connectivity index is 2.58. The van der Waals surface area contributed by atoms with Gasteiger partial charge in [-0.25, -0.2) is 4.79 Å². The van der Waals surface area contributed by atoms with E-state index < -0.39 is 73.6 Å². The van der Waals surface area contributed by atoms with Gasteiger partial charge in [0.25, 0.3) is 0 Å². The van der Waals surface area contributed by atoms with Crippen LogP contribution in [0.5, 0.6) is 0 Å². The number of carbonyl (C=O) groups excluding carboxylic acids is 1. The third-order valence-corrected chi connectivity index (χ3v) is 4.00. The van der Waals surface area contributed by atoms with E-state index in [1.165, 1.54) is 6.92 Å². The van der Waals surface area contributed by atoms with Crippen molar-refractivity contribution in [2.45, 2.75) is 55.9 Å². The van der Waals surface area contributed by atoms with Crippen LogP contribution in [0.1, 0.15) is 19.8 Å². The zero-order valence-electron chi connectivity index (χ0n) is 14.0. The van der Waals surface area contributed by atoms with Crippen LogP contribution in [0, 0.1) is 0 Å². The SMILES string of the molecule is C[C@H](NC[C@@]1(O)OC[C@@H](O)[C@@H](O)[C@@H]1O)C(=O)N[C@@H](CCC(=O)O)C(=O)O. The molecule has 12 nitrogen and oxygen atoms in total. The average molecular weight is 380 g/mol. The van der Waals surface area contributed by atoms with Crippen LogP contribution in [0.4, 0.5) is 0 Å². The first-order chi connectivity index (χ1) is 12.0. The highest BCUT2D eigenvalue weighted by Crippen LogP contribution is 2.23. The maximum absolute atomic E-state index is 12.0. The predicted molar refractivity (Wildman–Crippen MR) is 82.8 cm³/mol. The fourth-order valence-corrected chi connectivity index (χ4v) is 2.26. The summed E-state index contributed by atoms with van der Waals surface area (Å²) >= 11 is 0. The molecule has 6 atom stereocenters. The third-order valence-electron chi connectivity index (χ3n) is 4.00. The van der Waals surface area contributed by atoms with Gasteiger partial charge in [-0.3, -0.25) is 9.59 Å². The van der Waals surface area contributed by atoms with E-state index in [2.05, 4.69) is 10.6 Å². The van der Waals surface area contributed by atoms with Crippen molar-refractivity contribution < 1.29 is 49.8 Å². The summed E-state index contributed by atoms with van der Waals surface area (Å²) in [4.78, 5) is 33.6. The van der Waals surface area contributed by atoms with Crippen LogP contribution in [-0.2, 0) is 19.1 Å². The van der Waals surface area contributed by atoms with E-state index in [1.807, 2.05) is 0 Å². The van der Waals surface area contributed by atoms with Gasteiger partial charge in [-0.1, -0.05) is 0 Å². The zero-order valence-corrected chi connectivity index (χ0v) is 14.0. The van der Waals surface area contributed by atoms with Gasteiger partial charge in [0, 0.05) is 6.42 Å². The molecule has 0 unspecified atom stereocenters. The average Bonchev–Trinajstić information content (AvgIpc) is 2.57. The van der Waals surface area contributed by atoms with E-state index in [0.717, 1.165) is 0 Å². The largest absolute Gasteiger partial charge is 0.481 e. The molecule has 1 rings (SSSR count). The Morgan fingerprint density at radius 2 is 1.85 bits per heavy atom. The quantitative estimate of drug-likeness (QED) is 0.195. The minimum atomic E-state index is -2.26. The van der Waals surface area contributed by atoms with Crippen LogP contribution in [0.25, 0.3) is 0 Å². The van der Waals surface area contributed by atoms with Crippen molar-refractivity contribution in [3.8, 4) is 0 Å². The van der Waals surface area contributed by atoms with E-state index in [1.54, 1.807) is 0 Å². The second-order valence-corrected chi connectivity index (χ2v) is 6.09. The molecule has 1 heterocycles. The van der Waals surface area contributed by atoms with E-state index in [0.29, 0.717) is 0 Å². The summed E-state index contributed by atoms with van der Waals surface area (Å²) in [6.07, 6.45) is -5.61. The zero-order chi connectivity index (χ0) is 20.1. The van der Waals surface area contributed by atoms with E-state index in [4.69, 9.17) is 14.9 Å². The molecule has 1 amide bonds. The first-order valence-electron chi connectivity index (χ1n) is 7.87. The van der Waals surface area contributed by atoms with Gasteiger partial charge in [0.15, 0.2) is 0 Å². The number of aliphatic hydroxyl groups is 4. The molecular formula is C14H24N2O10. The number of carbonyl (C=O) groups is 3. The predicted octanol–water partition coefficient (Wildman–Crippen LogP) is -3.80. The van der Waals surface area contributed by atoms with Crippen LogP contribution >= 0.6 is 0 Å². The monoisotopic (exact) mass is 380 g/mol. The lowest BCUT2D eigenvalue weighted by Gasteiger charge is -2.42. The topological polar surface area (TPSA) is 206 Å². The number of hydrogen-bond donors (Lipinski definition) is 8. The molecular weight excluding hydrogens is 356 g/mol. The third kappa shape index (κ3) is 5.86. The molecule has 0 aromatic heterocycles. The summed E-state index contributed by atoms with van der Waals surface area (Å²) in [5, 5.41) is 61.2. The first-order valence-corrected chi connectivity index (χ1v) is 7.87. The Hall–Kier alpha value is -1.83.